The second kappa shape index (κ2) is 5.82. The third-order valence-corrected chi connectivity index (χ3v) is 5.83. The van der Waals surface area contributed by atoms with Crippen LogP contribution in [0.1, 0.15) is 42.9 Å². The summed E-state index contributed by atoms with van der Waals surface area (Å²) in [6.45, 7) is 1.67. The second-order valence-electron chi connectivity index (χ2n) is 7.24. The Labute approximate surface area is 143 Å². The maximum absolute atomic E-state index is 6.10. The standard InChI is InChI=1S/C21H23NO2/c1-2-4-20-19(3-1)23-14-21(24-20)16-7-5-15(6-8-16)13-22-17-9-10-18(22)12-11-17/h1-8,17-18,21H,9-14H2/t17-,18-,21?. The van der Waals surface area contributed by atoms with E-state index in [1.165, 1.54) is 36.8 Å². The minimum atomic E-state index is -0.0167. The Morgan fingerprint density at radius 1 is 0.833 bits per heavy atom. The lowest BCUT2D eigenvalue weighted by atomic mass is 10.0. The number of rotatable bonds is 3. The first-order chi connectivity index (χ1) is 11.9. The first kappa shape index (κ1) is 14.4. The lowest BCUT2D eigenvalue weighted by molar-refractivity contribution is 0.0913. The van der Waals surface area contributed by atoms with Crippen molar-refractivity contribution in [3.63, 3.8) is 0 Å². The molecule has 0 aliphatic carbocycles. The molecule has 2 aromatic carbocycles. The Kier molecular flexibility index (Phi) is 3.48. The summed E-state index contributed by atoms with van der Waals surface area (Å²) in [5, 5.41) is 0. The van der Waals surface area contributed by atoms with Crippen molar-refractivity contribution >= 4 is 0 Å². The van der Waals surface area contributed by atoms with Crippen molar-refractivity contribution in [3.05, 3.63) is 59.7 Å². The van der Waals surface area contributed by atoms with Crippen LogP contribution in [0.25, 0.3) is 0 Å². The van der Waals surface area contributed by atoms with E-state index in [1.54, 1.807) is 0 Å². The number of fused-ring (bicyclic) bond motifs is 3. The SMILES string of the molecule is c1ccc2c(c1)OCC(c1ccc(CN3[C@H]4CC[C@H]3CC4)cc1)O2. The quantitative estimate of drug-likeness (QED) is 0.840. The van der Waals surface area contributed by atoms with Gasteiger partial charge >= 0.3 is 0 Å². The van der Waals surface area contributed by atoms with Crippen molar-refractivity contribution < 1.29 is 9.47 Å². The fourth-order valence-corrected chi connectivity index (χ4v) is 4.51. The van der Waals surface area contributed by atoms with Gasteiger partial charge in [0.25, 0.3) is 0 Å². The summed E-state index contributed by atoms with van der Waals surface area (Å²) in [5.41, 5.74) is 2.60. The van der Waals surface area contributed by atoms with Gasteiger partial charge in [-0.2, -0.15) is 0 Å². The van der Waals surface area contributed by atoms with Crippen LogP contribution in [-0.2, 0) is 6.54 Å². The number of ether oxygens (including phenoxy) is 2. The Morgan fingerprint density at radius 2 is 1.50 bits per heavy atom. The van der Waals surface area contributed by atoms with Gasteiger partial charge in [-0.25, -0.2) is 0 Å². The van der Waals surface area contributed by atoms with Gasteiger partial charge in [0.15, 0.2) is 17.6 Å². The van der Waals surface area contributed by atoms with Gasteiger partial charge in [-0.3, -0.25) is 4.90 Å². The summed E-state index contributed by atoms with van der Waals surface area (Å²) in [6.07, 6.45) is 5.58. The molecule has 2 fully saturated rings. The van der Waals surface area contributed by atoms with Gasteiger partial charge < -0.3 is 9.47 Å². The maximum atomic E-state index is 6.10. The van der Waals surface area contributed by atoms with Gasteiger partial charge in [0.05, 0.1) is 0 Å². The molecule has 2 bridgehead atoms. The highest BCUT2D eigenvalue weighted by atomic mass is 16.6. The van der Waals surface area contributed by atoms with Crippen molar-refractivity contribution in [2.45, 2.75) is 50.4 Å². The van der Waals surface area contributed by atoms with E-state index < -0.39 is 0 Å². The predicted molar refractivity (Wildman–Crippen MR) is 93.3 cm³/mol. The van der Waals surface area contributed by atoms with E-state index in [0.717, 1.165) is 30.1 Å². The fraction of sp³-hybridized carbons (Fsp3) is 0.429. The monoisotopic (exact) mass is 321 g/mol. The average Bonchev–Trinajstić information content (AvgIpc) is 3.21. The van der Waals surface area contributed by atoms with Crippen LogP contribution in [0.15, 0.2) is 48.5 Å². The van der Waals surface area contributed by atoms with Crippen molar-refractivity contribution in [1.82, 2.24) is 4.90 Å². The second-order valence-corrected chi connectivity index (χ2v) is 7.24. The van der Waals surface area contributed by atoms with E-state index >= 15 is 0 Å². The maximum Gasteiger partial charge on any atom is 0.162 e. The van der Waals surface area contributed by atoms with Gasteiger partial charge in [0, 0.05) is 18.6 Å². The summed E-state index contributed by atoms with van der Waals surface area (Å²) in [6, 6.07) is 18.5. The fourth-order valence-electron chi connectivity index (χ4n) is 4.51. The molecule has 124 valence electrons. The molecule has 5 rings (SSSR count). The minimum Gasteiger partial charge on any atom is -0.485 e. The van der Waals surface area contributed by atoms with Crippen LogP contribution in [0.2, 0.25) is 0 Å². The van der Waals surface area contributed by atoms with E-state index in [0.29, 0.717) is 6.61 Å². The molecule has 0 saturated carbocycles. The molecule has 3 aliphatic heterocycles. The molecule has 2 saturated heterocycles. The molecule has 0 radical (unpaired) electrons. The number of hydrogen-bond donors (Lipinski definition) is 0. The summed E-state index contributed by atoms with van der Waals surface area (Å²) in [7, 11) is 0. The Hall–Kier alpha value is -2.00. The molecular formula is C21H23NO2. The molecule has 0 aromatic heterocycles. The molecule has 3 nitrogen and oxygen atoms in total. The topological polar surface area (TPSA) is 21.7 Å². The molecule has 3 aliphatic rings. The summed E-state index contributed by atoms with van der Waals surface area (Å²) >= 11 is 0. The number of para-hydroxylation sites is 2. The third kappa shape index (κ3) is 2.48. The normalized spacial score (nSPS) is 28.2. The first-order valence-electron chi connectivity index (χ1n) is 9.10. The molecule has 0 N–H and O–H groups in total. The zero-order chi connectivity index (χ0) is 15.9. The highest BCUT2D eigenvalue weighted by molar-refractivity contribution is 5.41. The smallest absolute Gasteiger partial charge is 0.162 e. The van der Waals surface area contributed by atoms with Crippen LogP contribution in [0, 0.1) is 0 Å². The zero-order valence-corrected chi connectivity index (χ0v) is 13.9. The molecule has 2 aromatic rings. The third-order valence-electron chi connectivity index (χ3n) is 5.83. The highest BCUT2D eigenvalue weighted by Crippen LogP contribution is 2.39. The van der Waals surface area contributed by atoms with Crippen molar-refractivity contribution in [1.29, 1.82) is 0 Å². The van der Waals surface area contributed by atoms with E-state index in [2.05, 4.69) is 29.2 Å². The summed E-state index contributed by atoms with van der Waals surface area (Å²) in [5.74, 6) is 1.68. The summed E-state index contributed by atoms with van der Waals surface area (Å²) in [4.78, 5) is 2.71. The number of nitrogens with zero attached hydrogens (tertiary/aromatic N) is 1. The van der Waals surface area contributed by atoms with E-state index in [1.807, 2.05) is 24.3 Å². The molecule has 0 spiro atoms. The van der Waals surface area contributed by atoms with Gasteiger partial charge in [-0.15, -0.1) is 0 Å². The van der Waals surface area contributed by atoms with Crippen molar-refractivity contribution in [2.24, 2.45) is 0 Å². The van der Waals surface area contributed by atoms with Crippen LogP contribution >= 0.6 is 0 Å². The Morgan fingerprint density at radius 3 is 2.21 bits per heavy atom. The predicted octanol–water partition coefficient (Wildman–Crippen LogP) is 4.33. The van der Waals surface area contributed by atoms with Gasteiger partial charge in [0.1, 0.15) is 6.61 Å². The molecule has 3 heterocycles. The number of benzene rings is 2. The van der Waals surface area contributed by atoms with Crippen LogP contribution in [-0.4, -0.2) is 23.6 Å². The molecule has 1 atom stereocenters. The average molecular weight is 321 g/mol. The molecule has 24 heavy (non-hydrogen) atoms. The van der Waals surface area contributed by atoms with Crippen LogP contribution < -0.4 is 9.47 Å². The molecule has 0 amide bonds. The Balaban J connectivity index is 1.29. The Bertz CT molecular complexity index is 707. The van der Waals surface area contributed by atoms with Gasteiger partial charge in [-0.05, 0) is 48.9 Å². The minimum absolute atomic E-state index is 0.0167. The highest BCUT2D eigenvalue weighted by Gasteiger charge is 2.38. The van der Waals surface area contributed by atoms with Crippen molar-refractivity contribution in [2.75, 3.05) is 6.61 Å². The van der Waals surface area contributed by atoms with E-state index in [4.69, 9.17) is 9.47 Å². The summed E-state index contributed by atoms with van der Waals surface area (Å²) < 4.78 is 11.9. The first-order valence-corrected chi connectivity index (χ1v) is 9.10. The molecular weight excluding hydrogens is 298 g/mol. The number of hydrogen-bond acceptors (Lipinski definition) is 3. The van der Waals surface area contributed by atoms with Crippen LogP contribution in [0.3, 0.4) is 0 Å². The zero-order valence-electron chi connectivity index (χ0n) is 13.9. The van der Waals surface area contributed by atoms with Gasteiger partial charge in [-0.1, -0.05) is 36.4 Å². The lowest BCUT2D eigenvalue weighted by Crippen LogP contribution is -2.27. The van der Waals surface area contributed by atoms with E-state index in [-0.39, 0.29) is 6.10 Å². The van der Waals surface area contributed by atoms with Crippen LogP contribution in [0.5, 0.6) is 11.5 Å². The molecule has 1 unspecified atom stereocenters. The van der Waals surface area contributed by atoms with Crippen molar-refractivity contribution in [3.8, 4) is 11.5 Å². The lowest BCUT2D eigenvalue weighted by Gasteiger charge is -2.27. The molecule has 3 heteroatoms. The van der Waals surface area contributed by atoms with E-state index in [9.17, 15) is 0 Å². The van der Waals surface area contributed by atoms with Crippen LogP contribution in [0.4, 0.5) is 0 Å². The van der Waals surface area contributed by atoms with Gasteiger partial charge in [0.2, 0.25) is 0 Å². The largest absolute Gasteiger partial charge is 0.485 e.